The van der Waals surface area contributed by atoms with Crippen LogP contribution < -0.4 is 10.2 Å². The summed E-state index contributed by atoms with van der Waals surface area (Å²) in [6, 6.07) is 9.67. The van der Waals surface area contributed by atoms with Gasteiger partial charge in [-0.05, 0) is 49.2 Å². The van der Waals surface area contributed by atoms with Crippen molar-refractivity contribution in [3.63, 3.8) is 0 Å². The summed E-state index contributed by atoms with van der Waals surface area (Å²) < 4.78 is 45.7. The lowest BCUT2D eigenvalue weighted by molar-refractivity contribution is -0.383. The summed E-state index contributed by atoms with van der Waals surface area (Å²) in [7, 11) is -3.70. The number of halogens is 1. The summed E-state index contributed by atoms with van der Waals surface area (Å²) in [5.41, 5.74) is 1.19. The highest BCUT2D eigenvalue weighted by Crippen LogP contribution is 2.31. The molecule has 9 nitrogen and oxygen atoms in total. The van der Waals surface area contributed by atoms with Crippen LogP contribution in [0.25, 0.3) is 0 Å². The fourth-order valence-corrected chi connectivity index (χ4v) is 5.42. The molecule has 0 bridgehead atoms. The molecule has 172 valence electrons. The Bertz CT molecular complexity index is 1070. The molecule has 2 fully saturated rings. The SMILES string of the molecule is O=[N+]([O-])c1ccc(N2CCN(S(=O)(=O)c3ccc(F)cc3)CC2)cc1NC[C@@H]1CCCO1. The molecule has 0 saturated carbocycles. The van der Waals surface area contributed by atoms with Gasteiger partial charge in [0.2, 0.25) is 10.0 Å². The Morgan fingerprint density at radius 3 is 2.47 bits per heavy atom. The van der Waals surface area contributed by atoms with Crippen molar-refractivity contribution < 1.29 is 22.5 Å². The van der Waals surface area contributed by atoms with Gasteiger partial charge in [0.15, 0.2) is 0 Å². The zero-order chi connectivity index (χ0) is 22.7. The lowest BCUT2D eigenvalue weighted by Crippen LogP contribution is -2.48. The number of piperazine rings is 1. The number of benzene rings is 2. The Kier molecular flexibility index (Phi) is 6.58. The summed E-state index contributed by atoms with van der Waals surface area (Å²) in [5.74, 6) is -0.490. The second-order valence-electron chi connectivity index (χ2n) is 7.82. The topological polar surface area (TPSA) is 105 Å². The van der Waals surface area contributed by atoms with E-state index in [1.165, 1.54) is 22.5 Å². The van der Waals surface area contributed by atoms with Crippen LogP contribution in [-0.4, -0.2) is 63.1 Å². The molecule has 4 rings (SSSR count). The van der Waals surface area contributed by atoms with Crippen molar-refractivity contribution in [1.82, 2.24) is 4.31 Å². The number of anilines is 2. The third kappa shape index (κ3) is 4.84. The predicted octanol–water partition coefficient (Wildman–Crippen LogP) is 2.84. The number of nitro groups is 1. The number of hydrogen-bond acceptors (Lipinski definition) is 7. The number of ether oxygens (including phenoxy) is 1. The summed E-state index contributed by atoms with van der Waals surface area (Å²) >= 11 is 0. The zero-order valence-electron chi connectivity index (χ0n) is 17.4. The first-order valence-corrected chi connectivity index (χ1v) is 11.9. The third-order valence-corrected chi connectivity index (χ3v) is 7.69. The summed E-state index contributed by atoms with van der Waals surface area (Å²) in [6.07, 6.45) is 1.95. The third-order valence-electron chi connectivity index (χ3n) is 5.78. The molecular weight excluding hydrogens is 439 g/mol. The Morgan fingerprint density at radius 2 is 1.84 bits per heavy atom. The molecule has 2 aromatic carbocycles. The summed E-state index contributed by atoms with van der Waals surface area (Å²) in [5, 5.41) is 14.6. The first-order chi connectivity index (χ1) is 15.3. The quantitative estimate of drug-likeness (QED) is 0.496. The van der Waals surface area contributed by atoms with Crippen molar-refractivity contribution >= 4 is 27.1 Å². The van der Waals surface area contributed by atoms with Gasteiger partial charge in [-0.3, -0.25) is 10.1 Å². The molecule has 0 aliphatic carbocycles. The van der Waals surface area contributed by atoms with E-state index < -0.39 is 20.8 Å². The number of sulfonamides is 1. The smallest absolute Gasteiger partial charge is 0.292 e. The maximum absolute atomic E-state index is 13.1. The fraction of sp³-hybridized carbons (Fsp3) is 0.429. The first kappa shape index (κ1) is 22.4. The van der Waals surface area contributed by atoms with Crippen LogP contribution in [0.2, 0.25) is 0 Å². The van der Waals surface area contributed by atoms with Crippen LogP contribution in [-0.2, 0) is 14.8 Å². The van der Waals surface area contributed by atoms with E-state index in [1.807, 2.05) is 4.90 Å². The van der Waals surface area contributed by atoms with E-state index in [0.29, 0.717) is 31.9 Å². The van der Waals surface area contributed by atoms with Gasteiger partial charge in [-0.2, -0.15) is 4.31 Å². The number of nitrogens with one attached hydrogen (secondary N) is 1. The van der Waals surface area contributed by atoms with Crippen molar-refractivity contribution in [2.24, 2.45) is 0 Å². The second kappa shape index (κ2) is 9.39. The lowest BCUT2D eigenvalue weighted by atomic mass is 10.2. The average Bonchev–Trinajstić information content (AvgIpc) is 3.31. The molecule has 2 saturated heterocycles. The Hall–Kier alpha value is -2.76. The Labute approximate surface area is 186 Å². The molecule has 2 aliphatic rings. The van der Waals surface area contributed by atoms with Crippen LogP contribution in [0.1, 0.15) is 12.8 Å². The van der Waals surface area contributed by atoms with E-state index >= 15 is 0 Å². The van der Waals surface area contributed by atoms with Crippen LogP contribution in [0.4, 0.5) is 21.5 Å². The molecule has 0 aromatic heterocycles. The number of nitro benzene ring substituents is 1. The van der Waals surface area contributed by atoms with Gasteiger partial charge >= 0.3 is 0 Å². The van der Waals surface area contributed by atoms with Crippen LogP contribution >= 0.6 is 0 Å². The standard InChI is InChI=1S/C21H25FN4O5S/c22-16-3-6-19(7-4-16)32(29,30)25-11-9-24(10-12-25)17-5-8-21(26(27)28)20(14-17)23-15-18-2-1-13-31-18/h3-8,14,18,23H,1-2,9-13,15H2/t18-/m0/s1. The van der Waals surface area contributed by atoms with Gasteiger partial charge in [0, 0.05) is 51.1 Å². The van der Waals surface area contributed by atoms with Crippen LogP contribution in [0, 0.1) is 15.9 Å². The minimum absolute atomic E-state index is 0.00993. The minimum atomic E-state index is -3.70. The maximum Gasteiger partial charge on any atom is 0.292 e. The molecule has 2 aliphatic heterocycles. The van der Waals surface area contributed by atoms with Crippen molar-refractivity contribution in [2.75, 3.05) is 49.5 Å². The highest BCUT2D eigenvalue weighted by molar-refractivity contribution is 7.89. The van der Waals surface area contributed by atoms with Crippen molar-refractivity contribution in [3.05, 3.63) is 58.4 Å². The molecule has 0 spiro atoms. The zero-order valence-corrected chi connectivity index (χ0v) is 18.3. The van der Waals surface area contributed by atoms with Crippen molar-refractivity contribution in [1.29, 1.82) is 0 Å². The Balaban J connectivity index is 1.45. The molecular formula is C21H25FN4O5S. The van der Waals surface area contributed by atoms with Gasteiger partial charge < -0.3 is 15.0 Å². The van der Waals surface area contributed by atoms with E-state index in [2.05, 4.69) is 5.32 Å². The van der Waals surface area contributed by atoms with E-state index in [-0.39, 0.29) is 29.8 Å². The largest absolute Gasteiger partial charge is 0.377 e. The Morgan fingerprint density at radius 1 is 1.12 bits per heavy atom. The predicted molar refractivity (Wildman–Crippen MR) is 118 cm³/mol. The van der Waals surface area contributed by atoms with Gasteiger partial charge in [0.05, 0.1) is 15.9 Å². The van der Waals surface area contributed by atoms with Crippen LogP contribution in [0.15, 0.2) is 47.4 Å². The van der Waals surface area contributed by atoms with E-state index in [4.69, 9.17) is 4.74 Å². The highest BCUT2D eigenvalue weighted by Gasteiger charge is 2.29. The number of nitrogens with zero attached hydrogens (tertiary/aromatic N) is 3. The van der Waals surface area contributed by atoms with Gasteiger partial charge in [-0.1, -0.05) is 0 Å². The molecule has 1 N–H and O–H groups in total. The molecule has 2 aromatic rings. The monoisotopic (exact) mass is 464 g/mol. The van der Waals surface area contributed by atoms with Crippen molar-refractivity contribution in [3.8, 4) is 0 Å². The van der Waals surface area contributed by atoms with Crippen LogP contribution in [0.3, 0.4) is 0 Å². The molecule has 0 radical (unpaired) electrons. The van der Waals surface area contributed by atoms with E-state index in [9.17, 15) is 22.9 Å². The second-order valence-corrected chi connectivity index (χ2v) is 9.76. The molecule has 0 unspecified atom stereocenters. The minimum Gasteiger partial charge on any atom is -0.377 e. The average molecular weight is 465 g/mol. The molecule has 11 heteroatoms. The summed E-state index contributed by atoms with van der Waals surface area (Å²) in [6.45, 7) is 2.59. The molecule has 1 atom stereocenters. The van der Waals surface area contributed by atoms with Gasteiger partial charge in [-0.15, -0.1) is 0 Å². The number of rotatable bonds is 7. The normalized spacial score (nSPS) is 19.8. The molecule has 0 amide bonds. The summed E-state index contributed by atoms with van der Waals surface area (Å²) in [4.78, 5) is 13.1. The first-order valence-electron chi connectivity index (χ1n) is 10.5. The number of hydrogen-bond donors (Lipinski definition) is 1. The van der Waals surface area contributed by atoms with E-state index in [0.717, 1.165) is 30.7 Å². The molecule has 32 heavy (non-hydrogen) atoms. The van der Waals surface area contributed by atoms with Gasteiger partial charge in [0.25, 0.3) is 5.69 Å². The molecule has 2 heterocycles. The van der Waals surface area contributed by atoms with Gasteiger partial charge in [-0.25, -0.2) is 12.8 Å². The maximum atomic E-state index is 13.1. The lowest BCUT2D eigenvalue weighted by Gasteiger charge is -2.35. The van der Waals surface area contributed by atoms with E-state index in [1.54, 1.807) is 12.1 Å². The van der Waals surface area contributed by atoms with Gasteiger partial charge in [0.1, 0.15) is 11.5 Å². The van der Waals surface area contributed by atoms with Crippen molar-refractivity contribution in [2.45, 2.75) is 23.8 Å². The highest BCUT2D eigenvalue weighted by atomic mass is 32.2. The van der Waals surface area contributed by atoms with Crippen LogP contribution in [0.5, 0.6) is 0 Å². The fourth-order valence-electron chi connectivity index (χ4n) is 3.99.